The number of aromatic amines is 1. The third-order valence-electron chi connectivity index (χ3n) is 4.97. The van der Waals surface area contributed by atoms with Gasteiger partial charge in [-0.15, -0.1) is 0 Å². The van der Waals surface area contributed by atoms with Gasteiger partial charge in [-0.1, -0.05) is 18.2 Å². The molecule has 0 aliphatic heterocycles. The highest BCUT2D eigenvalue weighted by molar-refractivity contribution is 5.92. The van der Waals surface area contributed by atoms with Gasteiger partial charge in [-0.05, 0) is 37.8 Å². The van der Waals surface area contributed by atoms with E-state index in [0.717, 1.165) is 25.7 Å². The molecule has 0 saturated heterocycles. The third-order valence-corrected chi connectivity index (χ3v) is 4.97. The first kappa shape index (κ1) is 18.5. The number of ether oxygens (including phenoxy) is 1. The molecule has 0 bridgehead atoms. The maximum absolute atomic E-state index is 14.1. The van der Waals surface area contributed by atoms with Crippen LogP contribution in [0.1, 0.15) is 47.4 Å². The molecule has 1 fully saturated rings. The lowest BCUT2D eigenvalue weighted by molar-refractivity contribution is 0.0308. The normalized spacial score (nSPS) is 20.1. The number of aromatic nitrogens is 2. The van der Waals surface area contributed by atoms with E-state index < -0.39 is 6.67 Å². The summed E-state index contributed by atoms with van der Waals surface area (Å²) in [6.45, 7) is -0.557. The number of hydrogen-bond donors (Lipinski definition) is 1. The number of halogens is 2. The summed E-state index contributed by atoms with van der Waals surface area (Å²) < 4.78 is 32.3. The molecule has 7 heteroatoms. The van der Waals surface area contributed by atoms with E-state index in [9.17, 15) is 13.6 Å². The number of nitrogens with zero attached hydrogens (tertiary/aromatic N) is 2. The summed E-state index contributed by atoms with van der Waals surface area (Å²) in [5.74, 6) is -0.660. The van der Waals surface area contributed by atoms with Crippen molar-refractivity contribution in [3.05, 3.63) is 53.1 Å². The Balaban J connectivity index is 1.83. The van der Waals surface area contributed by atoms with Crippen LogP contribution in [0, 0.1) is 5.82 Å². The van der Waals surface area contributed by atoms with Gasteiger partial charge in [0.05, 0.1) is 11.8 Å². The molecule has 1 aromatic heterocycles. The fraction of sp³-hybridized carbons (Fsp3) is 0.474. The molecular formula is C19H23F2N3O2. The van der Waals surface area contributed by atoms with E-state index in [4.69, 9.17) is 4.74 Å². The molecule has 1 aromatic carbocycles. The average Bonchev–Trinajstić information content (AvgIpc) is 3.16. The SMILES string of the molecule is COC1CCC(N(Cc2ccccc2F)C(=O)c2cc(CF)[nH]n2)CC1. The maximum atomic E-state index is 14.1. The number of alkyl halides is 1. The van der Waals surface area contributed by atoms with E-state index in [1.807, 2.05) is 0 Å². The van der Waals surface area contributed by atoms with Gasteiger partial charge in [-0.2, -0.15) is 5.10 Å². The molecule has 26 heavy (non-hydrogen) atoms. The van der Waals surface area contributed by atoms with Crippen LogP contribution in [0.15, 0.2) is 30.3 Å². The van der Waals surface area contributed by atoms with Gasteiger partial charge in [-0.25, -0.2) is 8.78 Å². The zero-order valence-electron chi connectivity index (χ0n) is 14.8. The molecule has 1 N–H and O–H groups in total. The summed E-state index contributed by atoms with van der Waals surface area (Å²) in [4.78, 5) is 14.7. The molecule has 3 rings (SSSR count). The lowest BCUT2D eigenvalue weighted by Gasteiger charge is -2.36. The Morgan fingerprint density at radius 2 is 2.04 bits per heavy atom. The molecule has 0 spiro atoms. The van der Waals surface area contributed by atoms with Crippen molar-refractivity contribution in [1.29, 1.82) is 0 Å². The summed E-state index contributed by atoms with van der Waals surface area (Å²) in [6.07, 6.45) is 3.44. The average molecular weight is 363 g/mol. The number of nitrogens with one attached hydrogen (secondary N) is 1. The van der Waals surface area contributed by atoms with Gasteiger partial charge in [-0.3, -0.25) is 9.89 Å². The Morgan fingerprint density at radius 1 is 1.31 bits per heavy atom. The quantitative estimate of drug-likeness (QED) is 0.853. The Morgan fingerprint density at radius 3 is 2.65 bits per heavy atom. The van der Waals surface area contributed by atoms with E-state index in [0.29, 0.717) is 5.56 Å². The second-order valence-corrected chi connectivity index (χ2v) is 6.60. The molecule has 1 saturated carbocycles. The summed E-state index contributed by atoms with van der Waals surface area (Å²) in [5, 5.41) is 6.44. The zero-order chi connectivity index (χ0) is 18.5. The Kier molecular flexibility index (Phi) is 5.98. The molecule has 140 valence electrons. The van der Waals surface area contributed by atoms with Crippen LogP contribution in [0.5, 0.6) is 0 Å². The number of benzene rings is 1. The largest absolute Gasteiger partial charge is 0.381 e. The maximum Gasteiger partial charge on any atom is 0.274 e. The minimum absolute atomic E-state index is 0.0287. The first-order valence-corrected chi connectivity index (χ1v) is 8.79. The van der Waals surface area contributed by atoms with Crippen molar-refractivity contribution in [2.45, 2.75) is 51.0 Å². The first-order valence-electron chi connectivity index (χ1n) is 8.79. The molecule has 1 aliphatic carbocycles. The van der Waals surface area contributed by atoms with E-state index in [-0.39, 0.29) is 41.8 Å². The topological polar surface area (TPSA) is 58.2 Å². The summed E-state index contributed by atoms with van der Waals surface area (Å²) >= 11 is 0. The van der Waals surface area contributed by atoms with Crippen LogP contribution in [0.2, 0.25) is 0 Å². The van der Waals surface area contributed by atoms with Crippen LogP contribution in [-0.2, 0) is 18.0 Å². The van der Waals surface area contributed by atoms with Gasteiger partial charge in [0.25, 0.3) is 5.91 Å². The monoisotopic (exact) mass is 363 g/mol. The number of H-pyrrole nitrogens is 1. The molecule has 1 heterocycles. The number of carbonyl (C=O) groups excluding carboxylic acids is 1. The minimum atomic E-state index is -0.716. The Hall–Kier alpha value is -2.28. The van der Waals surface area contributed by atoms with E-state index in [1.165, 1.54) is 12.1 Å². The van der Waals surface area contributed by atoms with Crippen molar-refractivity contribution in [2.24, 2.45) is 0 Å². The Bertz CT molecular complexity index is 742. The van der Waals surface area contributed by atoms with Gasteiger partial charge in [0, 0.05) is 25.3 Å². The molecule has 1 aliphatic rings. The molecule has 0 unspecified atom stereocenters. The van der Waals surface area contributed by atoms with Crippen LogP contribution in [0.3, 0.4) is 0 Å². The van der Waals surface area contributed by atoms with Crippen molar-refractivity contribution in [1.82, 2.24) is 15.1 Å². The molecule has 5 nitrogen and oxygen atoms in total. The highest BCUT2D eigenvalue weighted by Gasteiger charge is 2.31. The minimum Gasteiger partial charge on any atom is -0.381 e. The number of hydrogen-bond acceptors (Lipinski definition) is 3. The van der Waals surface area contributed by atoms with Crippen LogP contribution in [0.25, 0.3) is 0 Å². The van der Waals surface area contributed by atoms with Gasteiger partial charge >= 0.3 is 0 Å². The van der Waals surface area contributed by atoms with Crippen molar-refractivity contribution >= 4 is 5.91 Å². The zero-order valence-corrected chi connectivity index (χ0v) is 14.8. The van der Waals surface area contributed by atoms with Crippen LogP contribution in [0.4, 0.5) is 8.78 Å². The van der Waals surface area contributed by atoms with Crippen molar-refractivity contribution in [3.8, 4) is 0 Å². The van der Waals surface area contributed by atoms with E-state index in [1.54, 1.807) is 30.2 Å². The number of methoxy groups -OCH3 is 1. The molecule has 2 aromatic rings. The predicted molar refractivity (Wildman–Crippen MR) is 92.7 cm³/mol. The highest BCUT2D eigenvalue weighted by atomic mass is 19.1. The van der Waals surface area contributed by atoms with Gasteiger partial charge in [0.15, 0.2) is 5.69 Å². The fourth-order valence-electron chi connectivity index (χ4n) is 3.46. The Labute approximate surface area is 151 Å². The molecule has 0 atom stereocenters. The van der Waals surface area contributed by atoms with Crippen LogP contribution >= 0.6 is 0 Å². The van der Waals surface area contributed by atoms with E-state index in [2.05, 4.69) is 10.2 Å². The number of amides is 1. The second-order valence-electron chi connectivity index (χ2n) is 6.60. The fourth-order valence-corrected chi connectivity index (χ4v) is 3.46. The summed E-state index contributed by atoms with van der Waals surface area (Å²) in [7, 11) is 1.69. The lowest BCUT2D eigenvalue weighted by atomic mass is 9.91. The molecular weight excluding hydrogens is 340 g/mol. The first-order chi connectivity index (χ1) is 12.6. The smallest absolute Gasteiger partial charge is 0.274 e. The summed E-state index contributed by atoms with van der Waals surface area (Å²) in [5.41, 5.74) is 0.862. The molecule has 1 amide bonds. The third kappa shape index (κ3) is 4.09. The van der Waals surface area contributed by atoms with Gasteiger partial charge in [0.2, 0.25) is 0 Å². The van der Waals surface area contributed by atoms with Crippen molar-refractivity contribution in [3.63, 3.8) is 0 Å². The standard InChI is InChI=1S/C19H23F2N3O2/c1-26-16-8-6-15(7-9-16)24(12-13-4-2-3-5-17(13)21)19(25)18-10-14(11-20)22-23-18/h2-5,10,15-16H,6-9,11-12H2,1H3,(H,22,23). The lowest BCUT2D eigenvalue weighted by Crippen LogP contribution is -2.43. The number of rotatable bonds is 6. The van der Waals surface area contributed by atoms with Crippen molar-refractivity contribution < 1.29 is 18.3 Å². The van der Waals surface area contributed by atoms with Crippen molar-refractivity contribution in [2.75, 3.05) is 7.11 Å². The van der Waals surface area contributed by atoms with Crippen LogP contribution in [-0.4, -0.2) is 40.3 Å². The highest BCUT2D eigenvalue weighted by Crippen LogP contribution is 2.27. The van der Waals surface area contributed by atoms with Gasteiger partial charge in [0.1, 0.15) is 12.5 Å². The molecule has 0 radical (unpaired) electrons. The van der Waals surface area contributed by atoms with Crippen LogP contribution < -0.4 is 0 Å². The van der Waals surface area contributed by atoms with Gasteiger partial charge < -0.3 is 9.64 Å². The summed E-state index contributed by atoms with van der Waals surface area (Å²) in [6, 6.07) is 7.81. The predicted octanol–water partition coefficient (Wildman–Crippen LogP) is 3.62. The van der Waals surface area contributed by atoms with E-state index >= 15 is 0 Å². The second kappa shape index (κ2) is 8.40. The number of carbonyl (C=O) groups is 1.